The molecule has 0 aliphatic carbocycles. The lowest BCUT2D eigenvalue weighted by Gasteiger charge is -2.30. The number of nitrogens with zero attached hydrogens (tertiary/aromatic N) is 1. The van der Waals surface area contributed by atoms with E-state index < -0.39 is 16.0 Å². The van der Waals surface area contributed by atoms with Crippen molar-refractivity contribution in [3.8, 4) is 0 Å². The minimum atomic E-state index is -3.73. The standard InChI is InChI=1S/C15H22N2O5S/c1-3-11(2)16-23(20,21)12-4-5-14(13(10-12)15(18)19)17-6-8-22-9-7-17/h4-5,10-11,16H,3,6-9H2,1-2H3,(H,18,19). The SMILES string of the molecule is CCC(C)NS(=O)(=O)c1ccc(N2CCOCC2)c(C(=O)O)c1. The van der Waals surface area contributed by atoms with Crippen molar-refractivity contribution in [2.75, 3.05) is 31.2 Å². The number of ether oxygens (including phenoxy) is 1. The van der Waals surface area contributed by atoms with Crippen molar-refractivity contribution in [3.63, 3.8) is 0 Å². The van der Waals surface area contributed by atoms with Crippen LogP contribution in [-0.4, -0.2) is 51.8 Å². The van der Waals surface area contributed by atoms with Crippen molar-refractivity contribution in [2.45, 2.75) is 31.2 Å². The molecule has 128 valence electrons. The summed E-state index contributed by atoms with van der Waals surface area (Å²) < 4.78 is 32.4. The monoisotopic (exact) mass is 342 g/mol. The average Bonchev–Trinajstić information content (AvgIpc) is 2.54. The van der Waals surface area contributed by atoms with Gasteiger partial charge in [0.1, 0.15) is 0 Å². The highest BCUT2D eigenvalue weighted by atomic mass is 32.2. The molecule has 1 aromatic carbocycles. The lowest BCUT2D eigenvalue weighted by molar-refractivity contribution is 0.0696. The fourth-order valence-electron chi connectivity index (χ4n) is 2.35. The van der Waals surface area contributed by atoms with Gasteiger partial charge in [-0.05, 0) is 31.5 Å². The zero-order valence-electron chi connectivity index (χ0n) is 13.3. The van der Waals surface area contributed by atoms with E-state index in [1.165, 1.54) is 12.1 Å². The van der Waals surface area contributed by atoms with Gasteiger partial charge in [0, 0.05) is 19.1 Å². The van der Waals surface area contributed by atoms with E-state index in [-0.39, 0.29) is 16.5 Å². The third-order valence-corrected chi connectivity index (χ3v) is 5.42. The van der Waals surface area contributed by atoms with Gasteiger partial charge in [0.2, 0.25) is 10.0 Å². The van der Waals surface area contributed by atoms with Crippen LogP contribution in [0.3, 0.4) is 0 Å². The summed E-state index contributed by atoms with van der Waals surface area (Å²) in [6.45, 7) is 5.84. The van der Waals surface area contributed by atoms with Gasteiger partial charge in [-0.15, -0.1) is 0 Å². The van der Waals surface area contributed by atoms with Gasteiger partial charge < -0.3 is 14.7 Å². The molecule has 0 aromatic heterocycles. The highest BCUT2D eigenvalue weighted by molar-refractivity contribution is 7.89. The van der Waals surface area contributed by atoms with Crippen LogP contribution >= 0.6 is 0 Å². The van der Waals surface area contributed by atoms with Gasteiger partial charge in [0.15, 0.2) is 0 Å². The molecule has 0 saturated carbocycles. The van der Waals surface area contributed by atoms with Crippen LogP contribution in [0.15, 0.2) is 23.1 Å². The van der Waals surface area contributed by atoms with Crippen LogP contribution in [0.1, 0.15) is 30.6 Å². The first-order valence-electron chi connectivity index (χ1n) is 7.57. The van der Waals surface area contributed by atoms with E-state index >= 15 is 0 Å². The Morgan fingerprint density at radius 2 is 2.04 bits per heavy atom. The third-order valence-electron chi connectivity index (χ3n) is 3.83. The Bertz CT molecular complexity index is 668. The van der Waals surface area contributed by atoms with E-state index in [1.54, 1.807) is 13.0 Å². The third kappa shape index (κ3) is 4.21. The zero-order valence-corrected chi connectivity index (χ0v) is 14.1. The molecule has 8 heteroatoms. The van der Waals surface area contributed by atoms with Crippen molar-refractivity contribution >= 4 is 21.7 Å². The number of carbonyl (C=O) groups is 1. The normalized spacial score (nSPS) is 17.0. The maximum Gasteiger partial charge on any atom is 0.337 e. The second-order valence-corrected chi connectivity index (χ2v) is 7.23. The molecule has 7 nitrogen and oxygen atoms in total. The molecule has 1 fully saturated rings. The fourth-order valence-corrected chi connectivity index (χ4v) is 3.70. The lowest BCUT2D eigenvalue weighted by Crippen LogP contribution is -2.37. The summed E-state index contributed by atoms with van der Waals surface area (Å²) in [4.78, 5) is 13.4. The number of anilines is 1. The zero-order chi connectivity index (χ0) is 17.0. The summed E-state index contributed by atoms with van der Waals surface area (Å²) in [5, 5.41) is 9.44. The Morgan fingerprint density at radius 3 is 2.61 bits per heavy atom. The van der Waals surface area contributed by atoms with Crippen LogP contribution in [0.25, 0.3) is 0 Å². The van der Waals surface area contributed by atoms with Gasteiger partial charge in [-0.3, -0.25) is 0 Å². The molecule has 1 unspecified atom stereocenters. The molecule has 1 aliphatic heterocycles. The summed E-state index contributed by atoms with van der Waals surface area (Å²) in [7, 11) is -3.73. The molecule has 0 spiro atoms. The molecule has 0 amide bonds. The average molecular weight is 342 g/mol. The van der Waals surface area contributed by atoms with Crippen LogP contribution in [0.4, 0.5) is 5.69 Å². The Balaban J connectivity index is 2.37. The summed E-state index contributed by atoms with van der Waals surface area (Å²) in [5.41, 5.74) is 0.502. The maximum absolute atomic E-state index is 12.3. The molecule has 1 aliphatic rings. The molecule has 0 radical (unpaired) electrons. The number of sulfonamides is 1. The number of hydrogen-bond donors (Lipinski definition) is 2. The highest BCUT2D eigenvalue weighted by Gasteiger charge is 2.23. The maximum atomic E-state index is 12.3. The summed E-state index contributed by atoms with van der Waals surface area (Å²) >= 11 is 0. The van der Waals surface area contributed by atoms with Gasteiger partial charge in [-0.25, -0.2) is 17.9 Å². The molecule has 1 heterocycles. The molecule has 0 bridgehead atoms. The summed E-state index contributed by atoms with van der Waals surface area (Å²) in [5.74, 6) is -1.15. The van der Waals surface area contributed by atoms with E-state index in [4.69, 9.17) is 4.74 Å². The van der Waals surface area contributed by atoms with E-state index in [1.807, 2.05) is 11.8 Å². The Hall–Kier alpha value is -1.64. The molecule has 1 saturated heterocycles. The van der Waals surface area contributed by atoms with Gasteiger partial charge in [0.05, 0.1) is 29.4 Å². The van der Waals surface area contributed by atoms with E-state index in [9.17, 15) is 18.3 Å². The molecule has 2 N–H and O–H groups in total. The van der Waals surface area contributed by atoms with Crippen molar-refractivity contribution < 1.29 is 23.1 Å². The minimum Gasteiger partial charge on any atom is -0.478 e. The number of rotatable bonds is 6. The number of aromatic carboxylic acids is 1. The van der Waals surface area contributed by atoms with Gasteiger partial charge in [-0.2, -0.15) is 0 Å². The molecule has 1 aromatic rings. The largest absolute Gasteiger partial charge is 0.478 e. The van der Waals surface area contributed by atoms with Gasteiger partial charge in [-0.1, -0.05) is 6.92 Å². The number of nitrogens with one attached hydrogen (secondary N) is 1. The molecular formula is C15H22N2O5S. The van der Waals surface area contributed by atoms with Crippen molar-refractivity contribution in [1.82, 2.24) is 4.72 Å². The quantitative estimate of drug-likeness (QED) is 0.809. The first kappa shape index (κ1) is 17.7. The second kappa shape index (κ2) is 7.29. The number of carboxylic acids is 1. The van der Waals surface area contributed by atoms with Crippen molar-refractivity contribution in [2.24, 2.45) is 0 Å². The Morgan fingerprint density at radius 1 is 1.39 bits per heavy atom. The molecule has 2 rings (SSSR count). The predicted octanol–water partition coefficient (Wildman–Crippen LogP) is 1.30. The molecular weight excluding hydrogens is 320 g/mol. The van der Waals surface area contributed by atoms with Crippen molar-refractivity contribution in [3.05, 3.63) is 23.8 Å². The minimum absolute atomic E-state index is 0.0149. The fraction of sp³-hybridized carbons (Fsp3) is 0.533. The summed E-state index contributed by atoms with van der Waals surface area (Å²) in [6.07, 6.45) is 0.650. The Kier molecular flexibility index (Phi) is 5.61. The van der Waals surface area contributed by atoms with E-state index in [2.05, 4.69) is 4.72 Å². The smallest absolute Gasteiger partial charge is 0.337 e. The Labute approximate surface area is 136 Å². The summed E-state index contributed by atoms with van der Waals surface area (Å²) in [6, 6.07) is 4.01. The molecule has 1 atom stereocenters. The van der Waals surface area contributed by atoms with Crippen LogP contribution in [-0.2, 0) is 14.8 Å². The number of carboxylic acid groups (broad SMARTS) is 1. The van der Waals surface area contributed by atoms with Crippen LogP contribution < -0.4 is 9.62 Å². The number of benzene rings is 1. The number of hydrogen-bond acceptors (Lipinski definition) is 5. The van der Waals surface area contributed by atoms with Crippen molar-refractivity contribution in [1.29, 1.82) is 0 Å². The van der Waals surface area contributed by atoms with Gasteiger partial charge in [0.25, 0.3) is 0 Å². The van der Waals surface area contributed by atoms with Gasteiger partial charge >= 0.3 is 5.97 Å². The second-order valence-electron chi connectivity index (χ2n) is 5.51. The van der Waals surface area contributed by atoms with Crippen LogP contribution in [0.2, 0.25) is 0 Å². The van der Waals surface area contributed by atoms with Crippen LogP contribution in [0.5, 0.6) is 0 Å². The highest BCUT2D eigenvalue weighted by Crippen LogP contribution is 2.25. The van der Waals surface area contributed by atoms with E-state index in [0.717, 1.165) is 0 Å². The molecule has 23 heavy (non-hydrogen) atoms. The first-order valence-corrected chi connectivity index (χ1v) is 9.06. The number of morpholine rings is 1. The lowest BCUT2D eigenvalue weighted by atomic mass is 10.1. The van der Waals surface area contributed by atoms with E-state index in [0.29, 0.717) is 38.4 Å². The predicted molar refractivity (Wildman–Crippen MR) is 86.5 cm³/mol. The van der Waals surface area contributed by atoms with Crippen LogP contribution in [0, 0.1) is 0 Å². The topological polar surface area (TPSA) is 95.9 Å². The first-order chi connectivity index (χ1) is 10.8.